The highest BCUT2D eigenvalue weighted by Crippen LogP contribution is 2.27. The van der Waals surface area contributed by atoms with Crippen LogP contribution in [0.15, 0.2) is 24.5 Å². The smallest absolute Gasteiger partial charge is 0.326 e. The van der Waals surface area contributed by atoms with Crippen molar-refractivity contribution in [3.8, 4) is 0 Å². The van der Waals surface area contributed by atoms with Gasteiger partial charge in [-0.1, -0.05) is 0 Å². The van der Waals surface area contributed by atoms with Gasteiger partial charge in [0.2, 0.25) is 11.9 Å². The van der Waals surface area contributed by atoms with E-state index in [1.165, 1.54) is 12.3 Å². The molecule has 0 aliphatic heterocycles. The van der Waals surface area contributed by atoms with Crippen LogP contribution in [0, 0.1) is 0 Å². The molecule has 0 unspecified atom stereocenters. The molecule has 36 heavy (non-hydrogen) atoms. The Balaban J connectivity index is 1.53. The zero-order chi connectivity index (χ0) is 25.7. The van der Waals surface area contributed by atoms with Crippen LogP contribution in [-0.4, -0.2) is 67.0 Å². The van der Waals surface area contributed by atoms with Crippen LogP contribution in [-0.2, 0) is 19.1 Å². The van der Waals surface area contributed by atoms with Crippen molar-refractivity contribution in [1.82, 2.24) is 24.6 Å². The van der Waals surface area contributed by atoms with Gasteiger partial charge in [0.25, 0.3) is 0 Å². The Morgan fingerprint density at radius 2 is 1.86 bits per heavy atom. The zero-order valence-electron chi connectivity index (χ0n) is 20.2. The van der Waals surface area contributed by atoms with Crippen LogP contribution in [0.4, 0.5) is 23.3 Å². The van der Waals surface area contributed by atoms with E-state index in [1.807, 2.05) is 0 Å². The molecule has 192 valence electrons. The van der Waals surface area contributed by atoms with E-state index in [-0.39, 0.29) is 42.7 Å². The number of rotatable bonds is 9. The Kier molecular flexibility index (Phi) is 7.78. The number of ether oxygens (including phenoxy) is 2. The number of nitrogen functional groups attached to an aromatic ring is 1. The molecule has 13 nitrogen and oxygen atoms in total. The maximum atomic E-state index is 12.4. The normalized spacial score (nSPS) is 17.7. The molecular weight excluding hydrogens is 468 g/mol. The van der Waals surface area contributed by atoms with Gasteiger partial charge in [-0.15, -0.1) is 5.10 Å². The number of carbonyl (C=O) groups excluding carboxylic acids is 2. The number of hydrogen-bond donors (Lipinski definition) is 4. The number of aliphatic hydroxyl groups excluding tert-OH is 1. The van der Waals surface area contributed by atoms with Crippen LogP contribution in [0.2, 0.25) is 0 Å². The van der Waals surface area contributed by atoms with E-state index in [4.69, 9.17) is 15.2 Å². The fraction of sp³-hybridized carbons (Fsp3) is 0.478. The monoisotopic (exact) mass is 498 g/mol. The quantitative estimate of drug-likeness (QED) is 0.248. The van der Waals surface area contributed by atoms with Crippen molar-refractivity contribution in [3.05, 3.63) is 30.2 Å². The summed E-state index contributed by atoms with van der Waals surface area (Å²) in [5.41, 5.74) is 7.35. The third-order valence-corrected chi connectivity index (χ3v) is 5.81. The van der Waals surface area contributed by atoms with E-state index in [0.29, 0.717) is 17.3 Å². The number of aliphatic hydroxyl groups is 1. The van der Waals surface area contributed by atoms with Crippen LogP contribution in [0.3, 0.4) is 0 Å². The second-order valence-electron chi connectivity index (χ2n) is 8.38. The molecule has 3 aromatic rings. The summed E-state index contributed by atoms with van der Waals surface area (Å²) in [5.74, 6) is -2.11. The first-order valence-electron chi connectivity index (χ1n) is 11.9. The highest BCUT2D eigenvalue weighted by molar-refractivity contribution is 6.01. The lowest BCUT2D eigenvalue weighted by atomic mass is 9.93. The highest BCUT2D eigenvalue weighted by Gasteiger charge is 2.34. The summed E-state index contributed by atoms with van der Waals surface area (Å²) >= 11 is 0. The molecule has 4 rings (SSSR count). The lowest BCUT2D eigenvalue weighted by Gasteiger charge is -2.26. The summed E-state index contributed by atoms with van der Waals surface area (Å²) in [6, 6.07) is 3.45. The third-order valence-electron chi connectivity index (χ3n) is 5.81. The number of anilines is 4. The molecule has 5 N–H and O–H groups in total. The van der Waals surface area contributed by atoms with E-state index in [1.54, 1.807) is 30.6 Å². The molecule has 1 saturated carbocycles. The highest BCUT2D eigenvalue weighted by atomic mass is 16.6. The number of fused-ring (bicyclic) bond motifs is 1. The molecule has 0 atom stereocenters. The first kappa shape index (κ1) is 25.1. The molecule has 0 bridgehead atoms. The van der Waals surface area contributed by atoms with Gasteiger partial charge in [-0.25, -0.2) is 4.98 Å². The third kappa shape index (κ3) is 5.62. The molecule has 3 aromatic heterocycles. The second-order valence-corrected chi connectivity index (χ2v) is 8.38. The van der Waals surface area contributed by atoms with Crippen LogP contribution in [0.1, 0.15) is 51.1 Å². The van der Waals surface area contributed by atoms with Gasteiger partial charge < -0.3 is 30.9 Å². The maximum Gasteiger partial charge on any atom is 0.326 e. The van der Waals surface area contributed by atoms with Gasteiger partial charge in [0, 0.05) is 18.3 Å². The van der Waals surface area contributed by atoms with Gasteiger partial charge in [-0.2, -0.15) is 9.50 Å². The first-order chi connectivity index (χ1) is 17.4. The Morgan fingerprint density at radius 1 is 1.17 bits per heavy atom. The number of pyridine rings is 1. The Hall–Kier alpha value is -4.00. The Bertz CT molecular complexity index is 1210. The average Bonchev–Trinajstić information content (AvgIpc) is 3.26. The van der Waals surface area contributed by atoms with Crippen molar-refractivity contribution in [2.75, 3.05) is 29.6 Å². The molecule has 0 aromatic carbocycles. The van der Waals surface area contributed by atoms with Gasteiger partial charge in [0.15, 0.2) is 11.6 Å². The molecule has 1 aliphatic rings. The van der Waals surface area contributed by atoms with E-state index in [0.717, 1.165) is 25.7 Å². The number of hydrogen-bond acceptors (Lipinski definition) is 12. The van der Waals surface area contributed by atoms with Gasteiger partial charge >= 0.3 is 11.9 Å². The van der Waals surface area contributed by atoms with Crippen molar-refractivity contribution in [2.24, 2.45) is 0 Å². The molecule has 1 fully saturated rings. The number of nitrogens with zero attached hydrogens (tertiary/aromatic N) is 5. The SMILES string of the molecule is CCOC(=O)C(C(=O)OCC)c1ncc(Nc2nc3ccnc(NC4CCC(O)CC4)n3n2)cc1N. The molecular formula is C23H30N8O5. The molecule has 1 aliphatic carbocycles. The van der Waals surface area contributed by atoms with E-state index < -0.39 is 17.9 Å². The number of esters is 2. The first-order valence-corrected chi connectivity index (χ1v) is 11.9. The molecule has 0 saturated heterocycles. The summed E-state index contributed by atoms with van der Waals surface area (Å²) in [7, 11) is 0. The number of nitrogens with two attached hydrogens (primary N) is 1. The van der Waals surface area contributed by atoms with Crippen LogP contribution >= 0.6 is 0 Å². The van der Waals surface area contributed by atoms with Crippen molar-refractivity contribution < 1.29 is 24.2 Å². The predicted octanol–water partition coefficient (Wildman–Crippen LogP) is 1.77. The Labute approximate surface area is 207 Å². The van der Waals surface area contributed by atoms with Crippen molar-refractivity contribution >= 4 is 40.9 Å². The molecule has 3 heterocycles. The summed E-state index contributed by atoms with van der Waals surface area (Å²) in [4.78, 5) is 37.9. The molecule has 13 heteroatoms. The summed E-state index contributed by atoms with van der Waals surface area (Å²) in [6.07, 6.45) is 6.00. The van der Waals surface area contributed by atoms with Crippen LogP contribution in [0.5, 0.6) is 0 Å². The predicted molar refractivity (Wildman–Crippen MR) is 131 cm³/mol. The maximum absolute atomic E-state index is 12.4. The number of carbonyl (C=O) groups is 2. The summed E-state index contributed by atoms with van der Waals surface area (Å²) < 4.78 is 11.6. The van der Waals surface area contributed by atoms with Gasteiger partial charge in [-0.3, -0.25) is 14.6 Å². The minimum absolute atomic E-state index is 0.0497. The number of aromatic nitrogens is 5. The summed E-state index contributed by atoms with van der Waals surface area (Å²) in [6.45, 7) is 3.48. The fourth-order valence-electron chi connectivity index (χ4n) is 4.07. The lowest BCUT2D eigenvalue weighted by molar-refractivity contribution is -0.157. The van der Waals surface area contributed by atoms with Gasteiger partial charge in [0.05, 0.1) is 42.6 Å². The Morgan fingerprint density at radius 3 is 2.50 bits per heavy atom. The van der Waals surface area contributed by atoms with Crippen molar-refractivity contribution in [3.63, 3.8) is 0 Å². The lowest BCUT2D eigenvalue weighted by Crippen LogP contribution is -2.29. The van der Waals surface area contributed by atoms with Crippen molar-refractivity contribution in [1.29, 1.82) is 0 Å². The standard InChI is InChI=1S/C23H30N8O5/c1-3-35-20(33)18(21(34)36-4-2)19-16(24)11-14(12-26-19)27-22-29-17-9-10-25-23(31(17)30-22)28-13-5-7-15(32)8-6-13/h9-13,15,18,32H,3-8,24H2,1-2H3,(H,25,28)(H,27,30). The van der Waals surface area contributed by atoms with E-state index in [9.17, 15) is 14.7 Å². The second kappa shape index (κ2) is 11.2. The topological polar surface area (TPSA) is 179 Å². The summed E-state index contributed by atoms with van der Waals surface area (Å²) in [5, 5.41) is 20.6. The number of nitrogens with one attached hydrogen (secondary N) is 2. The van der Waals surface area contributed by atoms with Gasteiger partial charge in [-0.05, 0) is 45.6 Å². The minimum Gasteiger partial charge on any atom is -0.465 e. The fourth-order valence-corrected chi connectivity index (χ4v) is 4.07. The van der Waals surface area contributed by atoms with Gasteiger partial charge in [0.1, 0.15) is 0 Å². The average molecular weight is 499 g/mol. The largest absolute Gasteiger partial charge is 0.465 e. The van der Waals surface area contributed by atoms with Crippen LogP contribution in [0.25, 0.3) is 5.65 Å². The minimum atomic E-state index is -1.38. The van der Waals surface area contributed by atoms with E-state index >= 15 is 0 Å². The molecule has 0 radical (unpaired) electrons. The molecule has 0 spiro atoms. The van der Waals surface area contributed by atoms with Crippen molar-refractivity contribution in [2.45, 2.75) is 57.6 Å². The molecule has 0 amide bonds. The zero-order valence-corrected chi connectivity index (χ0v) is 20.2. The van der Waals surface area contributed by atoms with Crippen LogP contribution < -0.4 is 16.4 Å². The van der Waals surface area contributed by atoms with E-state index in [2.05, 4.69) is 30.7 Å².